The highest BCUT2D eigenvalue weighted by atomic mass is 16.1. The molecule has 14 heavy (non-hydrogen) atoms. The minimum Gasteiger partial charge on any atom is -0.302 e. The van der Waals surface area contributed by atoms with Gasteiger partial charge in [-0.2, -0.15) is 0 Å². The first-order valence-corrected chi connectivity index (χ1v) is 5.30. The van der Waals surface area contributed by atoms with Gasteiger partial charge in [0.1, 0.15) is 0 Å². The van der Waals surface area contributed by atoms with Crippen molar-refractivity contribution in [2.24, 2.45) is 0 Å². The third-order valence-corrected chi connectivity index (χ3v) is 3.20. The smallest absolute Gasteiger partial charge is 0.185 e. The lowest BCUT2D eigenvalue weighted by molar-refractivity contribution is -0.112. The summed E-state index contributed by atoms with van der Waals surface area (Å²) in [6.07, 6.45) is 4.17. The molecule has 76 valence electrons. The SMILES string of the molecule is C=C1CCCC2=C(CN(C)CC2)C1=O. The maximum atomic E-state index is 11.9. The average Bonchev–Trinajstić information content (AvgIpc) is 2.30. The topological polar surface area (TPSA) is 20.3 Å². The van der Waals surface area contributed by atoms with Gasteiger partial charge in [0.15, 0.2) is 5.78 Å². The first kappa shape index (κ1) is 9.66. The van der Waals surface area contributed by atoms with Crippen LogP contribution >= 0.6 is 0 Å². The van der Waals surface area contributed by atoms with E-state index in [0.717, 1.165) is 49.9 Å². The number of carbonyl (C=O) groups is 1. The van der Waals surface area contributed by atoms with Crippen LogP contribution in [0.25, 0.3) is 0 Å². The Balaban J connectivity index is 2.31. The Morgan fingerprint density at radius 3 is 2.86 bits per heavy atom. The van der Waals surface area contributed by atoms with Crippen molar-refractivity contribution < 1.29 is 4.79 Å². The largest absolute Gasteiger partial charge is 0.302 e. The van der Waals surface area contributed by atoms with Gasteiger partial charge >= 0.3 is 0 Å². The number of allylic oxidation sites excluding steroid dienone is 1. The van der Waals surface area contributed by atoms with Crippen LogP contribution in [0.2, 0.25) is 0 Å². The van der Waals surface area contributed by atoms with Crippen LogP contribution in [0.15, 0.2) is 23.3 Å². The molecule has 0 atom stereocenters. The highest BCUT2D eigenvalue weighted by Crippen LogP contribution is 2.29. The summed E-state index contributed by atoms with van der Waals surface area (Å²) in [5.41, 5.74) is 3.25. The zero-order valence-corrected chi connectivity index (χ0v) is 8.81. The molecule has 1 heterocycles. The minimum absolute atomic E-state index is 0.226. The fourth-order valence-corrected chi connectivity index (χ4v) is 2.29. The molecule has 0 aromatic rings. The van der Waals surface area contributed by atoms with Gasteiger partial charge in [0.25, 0.3) is 0 Å². The van der Waals surface area contributed by atoms with Gasteiger partial charge in [0.05, 0.1) is 0 Å². The summed E-state index contributed by atoms with van der Waals surface area (Å²) in [5.74, 6) is 0.226. The van der Waals surface area contributed by atoms with Crippen molar-refractivity contribution in [3.8, 4) is 0 Å². The third kappa shape index (κ3) is 1.67. The summed E-state index contributed by atoms with van der Waals surface area (Å²) >= 11 is 0. The van der Waals surface area contributed by atoms with E-state index in [2.05, 4.69) is 18.5 Å². The first-order valence-electron chi connectivity index (χ1n) is 5.30. The molecular formula is C12H17NO. The fourth-order valence-electron chi connectivity index (χ4n) is 2.29. The molecule has 0 radical (unpaired) electrons. The Labute approximate surface area is 85.3 Å². The zero-order valence-electron chi connectivity index (χ0n) is 8.81. The number of Topliss-reactive ketones (excluding diaryl/α,β-unsaturated/α-hetero) is 1. The average molecular weight is 191 g/mol. The van der Waals surface area contributed by atoms with E-state index < -0.39 is 0 Å². The van der Waals surface area contributed by atoms with Gasteiger partial charge in [-0.05, 0) is 38.3 Å². The van der Waals surface area contributed by atoms with Crippen LogP contribution in [0.3, 0.4) is 0 Å². The number of nitrogens with zero attached hydrogens (tertiary/aromatic N) is 1. The normalized spacial score (nSPS) is 24.9. The molecule has 0 spiro atoms. The molecule has 0 amide bonds. The second kappa shape index (κ2) is 3.70. The fraction of sp³-hybridized carbons (Fsp3) is 0.583. The quantitative estimate of drug-likeness (QED) is 0.545. The van der Waals surface area contributed by atoms with Crippen molar-refractivity contribution in [1.29, 1.82) is 0 Å². The van der Waals surface area contributed by atoms with Crippen LogP contribution in [0.5, 0.6) is 0 Å². The Morgan fingerprint density at radius 2 is 2.07 bits per heavy atom. The molecule has 0 aromatic carbocycles. The Kier molecular flexibility index (Phi) is 2.55. The second-order valence-corrected chi connectivity index (χ2v) is 4.36. The van der Waals surface area contributed by atoms with Crippen molar-refractivity contribution in [2.45, 2.75) is 25.7 Å². The third-order valence-electron chi connectivity index (χ3n) is 3.20. The lowest BCUT2D eigenvalue weighted by atomic mass is 9.95. The highest BCUT2D eigenvalue weighted by Gasteiger charge is 2.25. The summed E-state index contributed by atoms with van der Waals surface area (Å²) in [4.78, 5) is 14.2. The second-order valence-electron chi connectivity index (χ2n) is 4.36. The Hall–Kier alpha value is -0.890. The number of hydrogen-bond donors (Lipinski definition) is 0. The maximum Gasteiger partial charge on any atom is 0.185 e. The molecule has 0 unspecified atom stereocenters. The van der Waals surface area contributed by atoms with Crippen LogP contribution in [0, 0.1) is 0 Å². The van der Waals surface area contributed by atoms with Gasteiger partial charge in [0.2, 0.25) is 0 Å². The zero-order chi connectivity index (χ0) is 10.1. The van der Waals surface area contributed by atoms with E-state index in [4.69, 9.17) is 0 Å². The van der Waals surface area contributed by atoms with Crippen LogP contribution in [-0.2, 0) is 4.79 Å². The molecule has 2 rings (SSSR count). The molecular weight excluding hydrogens is 174 g/mol. The van der Waals surface area contributed by atoms with Crippen molar-refractivity contribution in [1.82, 2.24) is 4.90 Å². The lowest BCUT2D eigenvalue weighted by Crippen LogP contribution is -2.30. The van der Waals surface area contributed by atoms with Gasteiger partial charge < -0.3 is 4.90 Å². The number of ketones is 1. The van der Waals surface area contributed by atoms with Gasteiger partial charge in [-0.3, -0.25) is 4.79 Å². The monoisotopic (exact) mass is 191 g/mol. The van der Waals surface area contributed by atoms with Crippen LogP contribution < -0.4 is 0 Å². The van der Waals surface area contributed by atoms with E-state index in [0.29, 0.717) is 0 Å². The molecule has 0 aromatic heterocycles. The highest BCUT2D eigenvalue weighted by molar-refractivity contribution is 6.09. The molecule has 2 nitrogen and oxygen atoms in total. The first-order chi connectivity index (χ1) is 6.68. The van der Waals surface area contributed by atoms with Crippen molar-refractivity contribution in [2.75, 3.05) is 20.1 Å². The summed E-state index contributed by atoms with van der Waals surface area (Å²) in [6.45, 7) is 5.79. The predicted octanol–water partition coefficient (Wildman–Crippen LogP) is 1.93. The van der Waals surface area contributed by atoms with Crippen molar-refractivity contribution in [3.63, 3.8) is 0 Å². The summed E-state index contributed by atoms with van der Waals surface area (Å²) < 4.78 is 0. The summed E-state index contributed by atoms with van der Waals surface area (Å²) in [6, 6.07) is 0. The molecule has 0 fully saturated rings. The molecule has 0 saturated carbocycles. The lowest BCUT2D eigenvalue weighted by Gasteiger charge is -2.26. The predicted molar refractivity (Wildman–Crippen MR) is 57.1 cm³/mol. The van der Waals surface area contributed by atoms with Crippen LogP contribution in [0.1, 0.15) is 25.7 Å². The Bertz CT molecular complexity index is 314. The minimum atomic E-state index is 0.226. The molecule has 0 saturated heterocycles. The van der Waals surface area contributed by atoms with Gasteiger partial charge in [-0.25, -0.2) is 0 Å². The number of rotatable bonds is 0. The van der Waals surface area contributed by atoms with Gasteiger partial charge in [-0.1, -0.05) is 12.2 Å². The summed E-state index contributed by atoms with van der Waals surface area (Å²) in [7, 11) is 2.07. The molecule has 0 bridgehead atoms. The van der Waals surface area contributed by atoms with E-state index in [9.17, 15) is 4.79 Å². The van der Waals surface area contributed by atoms with E-state index in [-0.39, 0.29) is 5.78 Å². The molecule has 1 aliphatic carbocycles. The van der Waals surface area contributed by atoms with E-state index in [1.165, 1.54) is 5.57 Å². The van der Waals surface area contributed by atoms with E-state index >= 15 is 0 Å². The maximum absolute atomic E-state index is 11.9. The number of hydrogen-bond acceptors (Lipinski definition) is 2. The molecule has 0 N–H and O–H groups in total. The van der Waals surface area contributed by atoms with E-state index in [1.807, 2.05) is 0 Å². The molecule has 2 aliphatic rings. The van der Waals surface area contributed by atoms with Crippen molar-refractivity contribution in [3.05, 3.63) is 23.3 Å². The number of carbonyl (C=O) groups excluding carboxylic acids is 1. The standard InChI is InChI=1S/C12H17NO/c1-9-4-3-5-10-6-7-13(2)8-11(10)12(9)14/h1,3-8H2,2H3. The molecule has 2 heteroatoms. The Morgan fingerprint density at radius 1 is 1.29 bits per heavy atom. The van der Waals surface area contributed by atoms with Crippen molar-refractivity contribution >= 4 is 5.78 Å². The van der Waals surface area contributed by atoms with E-state index in [1.54, 1.807) is 0 Å². The van der Waals surface area contributed by atoms with Crippen LogP contribution in [-0.4, -0.2) is 30.8 Å². The summed E-state index contributed by atoms with van der Waals surface area (Å²) in [5, 5.41) is 0. The number of likely N-dealkylation sites (N-methyl/N-ethyl adjacent to an activating group) is 1. The molecule has 1 aliphatic heterocycles. The van der Waals surface area contributed by atoms with Gasteiger partial charge in [0, 0.05) is 18.7 Å². The van der Waals surface area contributed by atoms with Crippen LogP contribution in [0.4, 0.5) is 0 Å². The van der Waals surface area contributed by atoms with Gasteiger partial charge in [-0.15, -0.1) is 0 Å².